The van der Waals surface area contributed by atoms with Crippen LogP contribution in [0.4, 0.5) is 0 Å². The van der Waals surface area contributed by atoms with E-state index in [0.717, 1.165) is 10.0 Å². The van der Waals surface area contributed by atoms with Crippen molar-refractivity contribution in [3.05, 3.63) is 52.5 Å². The lowest BCUT2D eigenvalue weighted by Gasteiger charge is -2.15. The number of hydrazine groups is 1. The Bertz CT molecular complexity index is 828. The molecular formula is C20H23BrN2O5. The van der Waals surface area contributed by atoms with Gasteiger partial charge in [-0.15, -0.1) is 0 Å². The average Bonchev–Trinajstić information content (AvgIpc) is 2.70. The number of halogens is 1. The predicted octanol–water partition coefficient (Wildman–Crippen LogP) is 3.01. The van der Waals surface area contributed by atoms with E-state index in [1.165, 1.54) is 0 Å². The standard InChI is InChI=1S/C20H23BrN2O5/c1-13(28-16-6-4-5-15(21)12-16)20(25)23-22-19(24)10-8-14-7-9-17(26-2)18(11-14)27-3/h4-7,9,11-13H,8,10H2,1-3H3,(H,22,24)(H,23,25). The molecule has 0 aliphatic heterocycles. The summed E-state index contributed by atoms with van der Waals surface area (Å²) in [6.07, 6.45) is -0.0663. The lowest BCUT2D eigenvalue weighted by Crippen LogP contribution is -2.47. The second-order valence-electron chi connectivity index (χ2n) is 5.94. The van der Waals surface area contributed by atoms with Crippen LogP contribution in [0.3, 0.4) is 0 Å². The molecule has 0 radical (unpaired) electrons. The molecule has 2 amide bonds. The molecule has 8 heteroatoms. The lowest BCUT2D eigenvalue weighted by atomic mass is 10.1. The van der Waals surface area contributed by atoms with E-state index < -0.39 is 12.0 Å². The van der Waals surface area contributed by atoms with Gasteiger partial charge in [0.05, 0.1) is 14.2 Å². The van der Waals surface area contributed by atoms with E-state index in [-0.39, 0.29) is 12.3 Å². The van der Waals surface area contributed by atoms with Gasteiger partial charge in [0, 0.05) is 10.9 Å². The van der Waals surface area contributed by atoms with Gasteiger partial charge in [-0.1, -0.05) is 28.1 Å². The number of carbonyl (C=O) groups excluding carboxylic acids is 2. The third-order valence-electron chi connectivity index (χ3n) is 3.89. The zero-order chi connectivity index (χ0) is 20.5. The fraction of sp³-hybridized carbons (Fsp3) is 0.300. The zero-order valence-electron chi connectivity index (χ0n) is 16.0. The van der Waals surface area contributed by atoms with Crippen molar-refractivity contribution >= 4 is 27.7 Å². The first-order chi connectivity index (χ1) is 13.4. The molecule has 2 N–H and O–H groups in total. The number of hydrogen-bond donors (Lipinski definition) is 2. The summed E-state index contributed by atoms with van der Waals surface area (Å²) in [7, 11) is 3.12. The van der Waals surface area contributed by atoms with Crippen LogP contribution in [0.2, 0.25) is 0 Å². The van der Waals surface area contributed by atoms with E-state index in [4.69, 9.17) is 14.2 Å². The summed E-state index contributed by atoms with van der Waals surface area (Å²) in [5.74, 6) is 1.03. The van der Waals surface area contributed by atoms with Gasteiger partial charge in [0.15, 0.2) is 17.6 Å². The van der Waals surface area contributed by atoms with E-state index in [1.54, 1.807) is 45.4 Å². The summed E-state index contributed by atoms with van der Waals surface area (Å²) in [4.78, 5) is 24.1. The Morgan fingerprint density at radius 3 is 2.46 bits per heavy atom. The Hall–Kier alpha value is -2.74. The summed E-state index contributed by atoms with van der Waals surface area (Å²) in [5.41, 5.74) is 5.69. The number of nitrogens with one attached hydrogen (secondary N) is 2. The molecule has 0 bridgehead atoms. The summed E-state index contributed by atoms with van der Waals surface area (Å²) >= 11 is 3.34. The Labute approximate surface area is 172 Å². The molecule has 1 atom stereocenters. The first-order valence-electron chi connectivity index (χ1n) is 8.64. The number of hydrogen-bond acceptors (Lipinski definition) is 5. The van der Waals surface area contributed by atoms with E-state index in [0.29, 0.717) is 23.7 Å². The highest BCUT2D eigenvalue weighted by Crippen LogP contribution is 2.27. The maximum atomic E-state index is 12.1. The Balaban J connectivity index is 1.78. The maximum absolute atomic E-state index is 12.1. The van der Waals surface area contributed by atoms with Crippen molar-refractivity contribution in [2.45, 2.75) is 25.9 Å². The first-order valence-corrected chi connectivity index (χ1v) is 9.44. The van der Waals surface area contributed by atoms with E-state index in [9.17, 15) is 9.59 Å². The maximum Gasteiger partial charge on any atom is 0.279 e. The van der Waals surface area contributed by atoms with Crippen LogP contribution in [0.15, 0.2) is 46.9 Å². The van der Waals surface area contributed by atoms with Gasteiger partial charge >= 0.3 is 0 Å². The lowest BCUT2D eigenvalue weighted by molar-refractivity contribution is -0.132. The highest BCUT2D eigenvalue weighted by atomic mass is 79.9. The second kappa shape index (κ2) is 10.6. The van der Waals surface area contributed by atoms with Crippen molar-refractivity contribution in [3.63, 3.8) is 0 Å². The summed E-state index contributed by atoms with van der Waals surface area (Å²) < 4.78 is 16.8. The van der Waals surface area contributed by atoms with Crippen molar-refractivity contribution in [1.29, 1.82) is 0 Å². The summed E-state index contributed by atoms with van der Waals surface area (Å²) in [6, 6.07) is 12.6. The Morgan fingerprint density at radius 1 is 1.04 bits per heavy atom. The van der Waals surface area contributed by atoms with Crippen LogP contribution in [0.1, 0.15) is 18.9 Å². The average molecular weight is 451 g/mol. The van der Waals surface area contributed by atoms with E-state index in [2.05, 4.69) is 26.8 Å². The molecule has 150 valence electrons. The quantitative estimate of drug-likeness (QED) is 0.603. The van der Waals surface area contributed by atoms with E-state index >= 15 is 0 Å². The number of carbonyl (C=O) groups is 2. The number of benzene rings is 2. The molecule has 2 aromatic rings. The van der Waals surface area contributed by atoms with Crippen molar-refractivity contribution in [2.75, 3.05) is 14.2 Å². The van der Waals surface area contributed by atoms with Gasteiger partial charge in [-0.05, 0) is 49.2 Å². The van der Waals surface area contributed by atoms with E-state index in [1.807, 2.05) is 18.2 Å². The number of ether oxygens (including phenoxy) is 3. The topological polar surface area (TPSA) is 85.9 Å². The molecule has 0 aromatic heterocycles. The molecule has 0 aliphatic rings. The molecule has 28 heavy (non-hydrogen) atoms. The van der Waals surface area contributed by atoms with Gasteiger partial charge in [-0.2, -0.15) is 0 Å². The van der Waals surface area contributed by atoms with Crippen LogP contribution in [-0.4, -0.2) is 32.1 Å². The van der Waals surface area contributed by atoms with Gasteiger partial charge < -0.3 is 14.2 Å². The van der Waals surface area contributed by atoms with Gasteiger partial charge in [-0.3, -0.25) is 20.4 Å². The number of aryl methyl sites for hydroxylation is 1. The Morgan fingerprint density at radius 2 is 1.79 bits per heavy atom. The molecule has 0 fully saturated rings. The monoisotopic (exact) mass is 450 g/mol. The van der Waals surface area contributed by atoms with Crippen LogP contribution in [0.5, 0.6) is 17.2 Å². The van der Waals surface area contributed by atoms with Crippen molar-refractivity contribution in [2.24, 2.45) is 0 Å². The molecule has 0 spiro atoms. The minimum absolute atomic E-state index is 0.205. The fourth-order valence-electron chi connectivity index (χ4n) is 2.39. The summed E-state index contributed by atoms with van der Waals surface area (Å²) in [5, 5.41) is 0. The number of methoxy groups -OCH3 is 2. The van der Waals surface area contributed by atoms with Gasteiger partial charge in [0.2, 0.25) is 5.91 Å². The van der Waals surface area contributed by atoms with Crippen LogP contribution in [-0.2, 0) is 16.0 Å². The zero-order valence-corrected chi connectivity index (χ0v) is 17.5. The smallest absolute Gasteiger partial charge is 0.279 e. The molecule has 0 heterocycles. The second-order valence-corrected chi connectivity index (χ2v) is 6.86. The molecule has 7 nitrogen and oxygen atoms in total. The largest absolute Gasteiger partial charge is 0.493 e. The molecule has 2 aromatic carbocycles. The molecule has 0 aliphatic carbocycles. The van der Waals surface area contributed by atoms with Crippen molar-refractivity contribution in [1.82, 2.24) is 10.9 Å². The first kappa shape index (κ1) is 21.6. The van der Waals surface area contributed by atoms with Crippen molar-refractivity contribution in [3.8, 4) is 17.2 Å². The molecule has 2 rings (SSSR count). The normalized spacial score (nSPS) is 11.3. The van der Waals surface area contributed by atoms with Gasteiger partial charge in [0.25, 0.3) is 5.91 Å². The van der Waals surface area contributed by atoms with Crippen LogP contribution < -0.4 is 25.1 Å². The molecule has 0 saturated carbocycles. The van der Waals surface area contributed by atoms with Crippen molar-refractivity contribution < 1.29 is 23.8 Å². The van der Waals surface area contributed by atoms with Crippen LogP contribution in [0.25, 0.3) is 0 Å². The highest BCUT2D eigenvalue weighted by molar-refractivity contribution is 9.10. The van der Waals surface area contributed by atoms with Gasteiger partial charge in [-0.25, -0.2) is 0 Å². The number of rotatable bonds is 8. The summed E-state index contributed by atoms with van der Waals surface area (Å²) in [6.45, 7) is 1.60. The minimum atomic E-state index is -0.763. The van der Waals surface area contributed by atoms with Gasteiger partial charge in [0.1, 0.15) is 5.75 Å². The molecular weight excluding hydrogens is 428 g/mol. The molecule has 1 unspecified atom stereocenters. The van der Waals surface area contributed by atoms with Crippen LogP contribution >= 0.6 is 15.9 Å². The SMILES string of the molecule is COc1ccc(CCC(=O)NNC(=O)C(C)Oc2cccc(Br)c2)cc1OC. The minimum Gasteiger partial charge on any atom is -0.493 e. The highest BCUT2D eigenvalue weighted by Gasteiger charge is 2.15. The molecule has 0 saturated heterocycles. The third kappa shape index (κ3) is 6.45. The predicted molar refractivity (Wildman–Crippen MR) is 108 cm³/mol. The third-order valence-corrected chi connectivity index (χ3v) is 4.39. The van der Waals surface area contributed by atoms with Crippen LogP contribution in [0, 0.1) is 0 Å². The number of amides is 2. The fourth-order valence-corrected chi connectivity index (χ4v) is 2.77. The Kier molecular flexibility index (Phi) is 8.13.